The summed E-state index contributed by atoms with van der Waals surface area (Å²) in [6, 6.07) is 9.56. The van der Waals surface area contributed by atoms with Gasteiger partial charge in [0.15, 0.2) is 0 Å². The van der Waals surface area contributed by atoms with Crippen molar-refractivity contribution >= 4 is 21.4 Å². The van der Waals surface area contributed by atoms with Gasteiger partial charge in [-0.3, -0.25) is 0 Å². The summed E-state index contributed by atoms with van der Waals surface area (Å²) in [4.78, 5) is 7.97. The summed E-state index contributed by atoms with van der Waals surface area (Å²) in [5.74, 6) is 0.530. The highest BCUT2D eigenvalue weighted by atomic mass is 35.5. The van der Waals surface area contributed by atoms with Crippen LogP contribution in [0.1, 0.15) is 25.0 Å². The molecule has 0 atom stereocenters. The fourth-order valence-electron chi connectivity index (χ4n) is 2.01. The third-order valence-corrected chi connectivity index (χ3v) is 4.22. The van der Waals surface area contributed by atoms with Crippen LogP contribution in [0, 0.1) is 5.92 Å². The number of ether oxygens (including phenoxy) is 1. The molecule has 0 bridgehead atoms. The first kappa shape index (κ1) is 17.7. The summed E-state index contributed by atoms with van der Waals surface area (Å²) in [6.07, 6.45) is 1.65. The summed E-state index contributed by atoms with van der Waals surface area (Å²) in [6.45, 7) is 4.34. The second-order valence-electron chi connectivity index (χ2n) is 5.73. The minimum Gasteiger partial charge on any atom is -0.472 e. The molecule has 7 heteroatoms. The van der Waals surface area contributed by atoms with Gasteiger partial charge in [0.2, 0.25) is 15.7 Å². The van der Waals surface area contributed by atoms with E-state index in [2.05, 4.69) is 9.97 Å². The first-order chi connectivity index (χ1) is 10.8. The van der Waals surface area contributed by atoms with Gasteiger partial charge in [-0.2, -0.15) is 4.98 Å². The van der Waals surface area contributed by atoms with Crippen LogP contribution in [-0.2, 0) is 22.9 Å². The molecule has 2 aromatic rings. The second kappa shape index (κ2) is 7.27. The minimum atomic E-state index is -3.56. The zero-order valence-electron chi connectivity index (χ0n) is 13.3. The smallest absolute Gasteiger partial charge is 0.251 e. The number of nitrogens with zero attached hydrogens (tertiary/aromatic N) is 2. The molecule has 0 aliphatic rings. The number of aromatic nitrogens is 2. The van der Waals surface area contributed by atoms with E-state index < -0.39 is 9.84 Å². The van der Waals surface area contributed by atoms with Crippen LogP contribution in [0.15, 0.2) is 35.5 Å². The van der Waals surface area contributed by atoms with Gasteiger partial charge in [0, 0.05) is 6.26 Å². The molecular formula is C16H19ClN2O3S. The number of hydrogen-bond acceptors (Lipinski definition) is 5. The Morgan fingerprint density at radius 3 is 2.39 bits per heavy atom. The molecule has 1 aromatic carbocycles. The van der Waals surface area contributed by atoms with E-state index in [9.17, 15) is 8.42 Å². The Morgan fingerprint density at radius 1 is 1.17 bits per heavy atom. The summed E-state index contributed by atoms with van der Waals surface area (Å²) in [7, 11) is -3.56. The molecule has 0 spiro atoms. The number of rotatable bonds is 6. The molecule has 0 radical (unpaired) electrons. The summed E-state index contributed by atoms with van der Waals surface area (Å²) in [5.41, 5.74) is 1.59. The van der Waals surface area contributed by atoms with Crippen LogP contribution >= 0.6 is 11.6 Å². The summed E-state index contributed by atoms with van der Waals surface area (Å²) >= 11 is 6.17. The van der Waals surface area contributed by atoms with Crippen LogP contribution in [0.25, 0.3) is 0 Å². The Balaban J connectivity index is 2.38. The van der Waals surface area contributed by atoms with Gasteiger partial charge in [0.05, 0.1) is 5.56 Å². The Hall–Kier alpha value is -1.66. The zero-order valence-corrected chi connectivity index (χ0v) is 14.9. The van der Waals surface area contributed by atoms with Crippen LogP contribution in [0.3, 0.4) is 0 Å². The molecule has 124 valence electrons. The lowest BCUT2D eigenvalue weighted by molar-refractivity contribution is 0.285. The van der Waals surface area contributed by atoms with Crippen molar-refractivity contribution in [2.75, 3.05) is 6.26 Å². The predicted molar refractivity (Wildman–Crippen MR) is 89.5 cm³/mol. The van der Waals surface area contributed by atoms with E-state index in [1.807, 2.05) is 44.2 Å². The molecule has 23 heavy (non-hydrogen) atoms. The molecule has 0 N–H and O–H groups in total. The van der Waals surface area contributed by atoms with Crippen molar-refractivity contribution in [3.8, 4) is 5.88 Å². The average Bonchev–Trinajstić information content (AvgIpc) is 2.47. The monoisotopic (exact) mass is 354 g/mol. The normalized spacial score (nSPS) is 11.7. The molecule has 0 saturated heterocycles. The van der Waals surface area contributed by atoms with Crippen LogP contribution in [0.4, 0.5) is 0 Å². The van der Waals surface area contributed by atoms with Gasteiger partial charge in [0.1, 0.15) is 11.8 Å². The van der Waals surface area contributed by atoms with Crippen molar-refractivity contribution in [2.45, 2.75) is 32.0 Å². The maximum atomic E-state index is 11.7. The number of hydrogen-bond donors (Lipinski definition) is 0. The van der Waals surface area contributed by atoms with Crippen LogP contribution in [0.5, 0.6) is 5.88 Å². The first-order valence-corrected chi connectivity index (χ1v) is 9.47. The van der Waals surface area contributed by atoms with Crippen LogP contribution in [0.2, 0.25) is 5.15 Å². The quantitative estimate of drug-likeness (QED) is 0.588. The Kier molecular flexibility index (Phi) is 5.59. The molecule has 1 heterocycles. The van der Waals surface area contributed by atoms with Gasteiger partial charge in [-0.25, -0.2) is 13.4 Å². The Morgan fingerprint density at radius 2 is 1.83 bits per heavy atom. The van der Waals surface area contributed by atoms with E-state index in [1.54, 1.807) is 0 Å². The standard InChI is InChI=1S/C16H19ClN2O3S/c1-11(2)9-13-14(17)18-16(23(3,20)21)19-15(13)22-10-12-7-5-4-6-8-12/h4-8,11H,9-10H2,1-3H3. The minimum absolute atomic E-state index is 0.122. The van der Waals surface area contributed by atoms with Crippen LogP contribution in [-0.4, -0.2) is 24.6 Å². The second-order valence-corrected chi connectivity index (χ2v) is 7.99. The van der Waals surface area contributed by atoms with Gasteiger partial charge in [-0.15, -0.1) is 0 Å². The van der Waals surface area contributed by atoms with Crippen molar-refractivity contribution in [1.82, 2.24) is 9.97 Å². The molecule has 1 aromatic heterocycles. The zero-order chi connectivity index (χ0) is 17.0. The van der Waals surface area contributed by atoms with Gasteiger partial charge < -0.3 is 4.74 Å². The first-order valence-electron chi connectivity index (χ1n) is 7.20. The fraction of sp³-hybridized carbons (Fsp3) is 0.375. The van der Waals surface area contributed by atoms with E-state index >= 15 is 0 Å². The van der Waals surface area contributed by atoms with Crippen molar-refractivity contribution in [2.24, 2.45) is 5.92 Å². The van der Waals surface area contributed by atoms with E-state index in [0.29, 0.717) is 17.9 Å². The Bertz CT molecular complexity index is 777. The largest absolute Gasteiger partial charge is 0.472 e. The molecule has 0 fully saturated rings. The fourth-order valence-corrected chi connectivity index (χ4v) is 2.80. The average molecular weight is 355 g/mol. The van der Waals surface area contributed by atoms with E-state index in [1.165, 1.54) is 0 Å². The number of sulfone groups is 1. The predicted octanol–water partition coefficient (Wildman–Crippen LogP) is 3.31. The highest BCUT2D eigenvalue weighted by molar-refractivity contribution is 7.90. The van der Waals surface area contributed by atoms with E-state index in [-0.39, 0.29) is 22.8 Å². The van der Waals surface area contributed by atoms with Gasteiger partial charge in [-0.1, -0.05) is 55.8 Å². The van der Waals surface area contributed by atoms with Crippen LogP contribution < -0.4 is 4.74 Å². The molecule has 5 nitrogen and oxygen atoms in total. The van der Waals surface area contributed by atoms with Crippen molar-refractivity contribution in [3.63, 3.8) is 0 Å². The van der Waals surface area contributed by atoms with Gasteiger partial charge in [-0.05, 0) is 17.9 Å². The summed E-state index contributed by atoms with van der Waals surface area (Å²) < 4.78 is 29.2. The SMILES string of the molecule is CC(C)Cc1c(Cl)nc(S(C)(=O)=O)nc1OCc1ccccc1. The maximum Gasteiger partial charge on any atom is 0.251 e. The lowest BCUT2D eigenvalue weighted by Gasteiger charge is -2.14. The number of benzene rings is 1. The highest BCUT2D eigenvalue weighted by Crippen LogP contribution is 2.28. The molecule has 0 aliphatic carbocycles. The molecule has 0 unspecified atom stereocenters. The van der Waals surface area contributed by atoms with Crippen molar-refractivity contribution < 1.29 is 13.2 Å². The molecule has 0 aliphatic heterocycles. The van der Waals surface area contributed by atoms with Gasteiger partial charge in [0.25, 0.3) is 5.16 Å². The highest BCUT2D eigenvalue weighted by Gasteiger charge is 2.20. The molecule has 2 rings (SSSR count). The third-order valence-electron chi connectivity index (χ3n) is 3.06. The van der Waals surface area contributed by atoms with E-state index in [4.69, 9.17) is 16.3 Å². The summed E-state index contributed by atoms with van der Waals surface area (Å²) in [5, 5.41) is -0.199. The third kappa shape index (κ3) is 4.91. The maximum absolute atomic E-state index is 11.7. The Labute approximate surface area is 141 Å². The molecular weight excluding hydrogens is 336 g/mol. The molecule has 0 amide bonds. The molecule has 0 saturated carbocycles. The number of halogens is 1. The lowest BCUT2D eigenvalue weighted by atomic mass is 10.1. The van der Waals surface area contributed by atoms with E-state index in [0.717, 1.165) is 11.8 Å². The van der Waals surface area contributed by atoms with Crippen molar-refractivity contribution in [3.05, 3.63) is 46.6 Å². The lowest BCUT2D eigenvalue weighted by Crippen LogP contribution is -2.11. The topological polar surface area (TPSA) is 69.2 Å². The van der Waals surface area contributed by atoms with Gasteiger partial charge >= 0.3 is 0 Å². The van der Waals surface area contributed by atoms with Crippen molar-refractivity contribution in [1.29, 1.82) is 0 Å².